The van der Waals surface area contributed by atoms with Crippen LogP contribution in [0.15, 0.2) is 0 Å². The lowest BCUT2D eigenvalue weighted by atomic mass is 10.0. The van der Waals surface area contributed by atoms with Crippen LogP contribution in [-0.4, -0.2) is 82.5 Å². The molecule has 246 valence electrons. The van der Waals surface area contributed by atoms with E-state index in [-0.39, 0.29) is 32.1 Å². The van der Waals surface area contributed by atoms with Crippen molar-refractivity contribution in [1.82, 2.24) is 21.3 Å². The molecule has 0 aliphatic rings. The highest BCUT2D eigenvalue weighted by atomic mass is 16.4. The van der Waals surface area contributed by atoms with Crippen LogP contribution in [0.25, 0.3) is 0 Å². The molecule has 43 heavy (non-hydrogen) atoms. The maximum atomic E-state index is 12.2. The smallest absolute Gasteiger partial charge is 0.328 e. The van der Waals surface area contributed by atoms with Gasteiger partial charge >= 0.3 is 17.9 Å². The van der Waals surface area contributed by atoms with Crippen molar-refractivity contribution < 1.29 is 48.9 Å². The van der Waals surface area contributed by atoms with E-state index >= 15 is 0 Å². The molecule has 0 spiro atoms. The van der Waals surface area contributed by atoms with Gasteiger partial charge in [-0.3, -0.25) is 24.0 Å². The second-order valence-electron chi connectivity index (χ2n) is 10.6. The molecule has 0 aliphatic heterocycles. The molecule has 0 saturated carbocycles. The molecular weight excluding hydrogens is 564 g/mol. The maximum absolute atomic E-state index is 12.2. The number of nitrogens with one attached hydrogen (secondary N) is 4. The lowest BCUT2D eigenvalue weighted by Gasteiger charge is -2.17. The fourth-order valence-corrected chi connectivity index (χ4v) is 4.37. The van der Waals surface area contributed by atoms with Crippen LogP contribution in [-0.2, 0) is 33.6 Å². The van der Waals surface area contributed by atoms with Gasteiger partial charge in [0.05, 0.1) is 6.54 Å². The number of unbranched alkanes of at least 4 members (excludes halogenated alkanes) is 13. The molecule has 0 fully saturated rings. The van der Waals surface area contributed by atoms with Crippen LogP contribution in [0.5, 0.6) is 0 Å². The molecule has 0 saturated heterocycles. The Labute approximate surface area is 253 Å². The summed E-state index contributed by atoms with van der Waals surface area (Å²) in [5.41, 5.74) is 0. The van der Waals surface area contributed by atoms with E-state index in [9.17, 15) is 43.8 Å². The Kier molecular flexibility index (Phi) is 23.7. The molecule has 0 aromatic heterocycles. The summed E-state index contributed by atoms with van der Waals surface area (Å²) in [6.07, 6.45) is 15.0. The first kappa shape index (κ1) is 39.3. The van der Waals surface area contributed by atoms with E-state index in [1.54, 1.807) is 0 Å². The summed E-state index contributed by atoms with van der Waals surface area (Å²) in [7, 11) is 0. The van der Waals surface area contributed by atoms with Crippen molar-refractivity contribution in [1.29, 1.82) is 0 Å². The van der Waals surface area contributed by atoms with Crippen molar-refractivity contribution in [2.24, 2.45) is 0 Å². The van der Waals surface area contributed by atoms with Crippen LogP contribution in [0.2, 0.25) is 0 Å². The Balaban J connectivity index is 3.94. The van der Waals surface area contributed by atoms with Gasteiger partial charge in [-0.25, -0.2) is 9.59 Å². The largest absolute Gasteiger partial charge is 0.481 e. The fraction of sp³-hybridized carbons (Fsp3) is 0.759. The third-order valence-corrected chi connectivity index (χ3v) is 6.82. The van der Waals surface area contributed by atoms with Crippen LogP contribution in [0.3, 0.4) is 0 Å². The number of carbonyl (C=O) groups is 7. The molecule has 2 unspecified atom stereocenters. The lowest BCUT2D eigenvalue weighted by Crippen LogP contribution is -2.50. The molecular formula is C29H50N4O10. The molecule has 14 nitrogen and oxygen atoms in total. The Morgan fingerprint density at radius 1 is 0.535 bits per heavy atom. The second-order valence-corrected chi connectivity index (χ2v) is 10.6. The van der Waals surface area contributed by atoms with Gasteiger partial charge in [0.25, 0.3) is 0 Å². The van der Waals surface area contributed by atoms with Crippen molar-refractivity contribution in [3.05, 3.63) is 0 Å². The van der Waals surface area contributed by atoms with E-state index in [4.69, 9.17) is 5.11 Å². The van der Waals surface area contributed by atoms with Crippen LogP contribution < -0.4 is 21.3 Å². The predicted octanol–water partition coefficient (Wildman–Crippen LogP) is 2.09. The minimum absolute atomic E-state index is 0.186. The zero-order valence-corrected chi connectivity index (χ0v) is 25.1. The van der Waals surface area contributed by atoms with Gasteiger partial charge < -0.3 is 36.6 Å². The van der Waals surface area contributed by atoms with Crippen molar-refractivity contribution in [2.45, 2.75) is 128 Å². The van der Waals surface area contributed by atoms with Gasteiger partial charge in [0.1, 0.15) is 12.1 Å². The van der Waals surface area contributed by atoms with Crippen LogP contribution >= 0.6 is 0 Å². The normalized spacial score (nSPS) is 12.0. The van der Waals surface area contributed by atoms with E-state index in [1.807, 2.05) is 0 Å². The first-order chi connectivity index (χ1) is 20.6. The topological polar surface area (TPSA) is 228 Å². The van der Waals surface area contributed by atoms with Crippen LogP contribution in [0.4, 0.5) is 0 Å². The standard InChI is InChI=1S/C29H50N4O10/c34-21-30-20-26(37)33-23(29(42)43)19-31-24(35)18-17-22(28(40)41)32-25(36)15-13-11-9-7-5-3-1-2-4-6-8-10-12-14-16-27(38)39/h21-23H,1-20H2,(H,30,34)(H,31,35)(H,32,36)(H,33,37)(H,38,39)(H,40,41)(H,42,43). The van der Waals surface area contributed by atoms with E-state index in [0.29, 0.717) is 6.42 Å². The summed E-state index contributed by atoms with van der Waals surface area (Å²) in [5.74, 6) is -5.22. The Morgan fingerprint density at radius 2 is 0.977 bits per heavy atom. The van der Waals surface area contributed by atoms with Crippen molar-refractivity contribution in [3.63, 3.8) is 0 Å². The fourth-order valence-electron chi connectivity index (χ4n) is 4.37. The van der Waals surface area contributed by atoms with Gasteiger partial charge in [-0.15, -0.1) is 0 Å². The summed E-state index contributed by atoms with van der Waals surface area (Å²) < 4.78 is 0. The molecule has 4 amide bonds. The second kappa shape index (κ2) is 26.0. The number of carbonyl (C=O) groups excluding carboxylic acids is 4. The van der Waals surface area contributed by atoms with Crippen LogP contribution in [0.1, 0.15) is 116 Å². The van der Waals surface area contributed by atoms with E-state index in [0.717, 1.165) is 51.4 Å². The van der Waals surface area contributed by atoms with Crippen molar-refractivity contribution >= 4 is 42.0 Å². The highest BCUT2D eigenvalue weighted by molar-refractivity contribution is 5.87. The van der Waals surface area contributed by atoms with Crippen molar-refractivity contribution in [3.8, 4) is 0 Å². The Hall–Kier alpha value is -3.71. The highest BCUT2D eigenvalue weighted by Gasteiger charge is 2.23. The number of aliphatic carboxylic acids is 3. The van der Waals surface area contributed by atoms with Gasteiger partial charge in [0.2, 0.25) is 24.1 Å². The molecule has 0 heterocycles. The molecule has 14 heteroatoms. The van der Waals surface area contributed by atoms with Gasteiger partial charge in [0.15, 0.2) is 0 Å². The zero-order valence-electron chi connectivity index (χ0n) is 25.1. The Bertz CT molecular complexity index is 868. The van der Waals surface area contributed by atoms with E-state index < -0.39 is 60.8 Å². The van der Waals surface area contributed by atoms with Crippen LogP contribution in [0, 0.1) is 0 Å². The lowest BCUT2D eigenvalue weighted by molar-refractivity contribution is -0.142. The number of hydrogen-bond acceptors (Lipinski definition) is 7. The molecule has 7 N–H and O–H groups in total. The average molecular weight is 615 g/mol. The van der Waals surface area contributed by atoms with Gasteiger partial charge in [-0.1, -0.05) is 77.0 Å². The van der Waals surface area contributed by atoms with E-state index in [2.05, 4.69) is 21.3 Å². The number of hydrogen-bond donors (Lipinski definition) is 7. The monoisotopic (exact) mass is 614 g/mol. The van der Waals surface area contributed by atoms with Gasteiger partial charge in [0, 0.05) is 25.8 Å². The summed E-state index contributed by atoms with van der Waals surface area (Å²) >= 11 is 0. The molecule has 0 radical (unpaired) electrons. The number of amides is 4. The predicted molar refractivity (Wildman–Crippen MR) is 157 cm³/mol. The number of carboxylic acids is 3. The summed E-state index contributed by atoms with van der Waals surface area (Å²) in [5, 5.41) is 36.1. The van der Waals surface area contributed by atoms with Crippen molar-refractivity contribution in [2.75, 3.05) is 13.1 Å². The molecule has 0 aromatic carbocycles. The molecule has 0 rings (SSSR count). The first-order valence-corrected chi connectivity index (χ1v) is 15.3. The maximum Gasteiger partial charge on any atom is 0.328 e. The molecule has 2 atom stereocenters. The number of rotatable bonds is 29. The highest BCUT2D eigenvalue weighted by Crippen LogP contribution is 2.14. The zero-order chi connectivity index (χ0) is 32.3. The first-order valence-electron chi connectivity index (χ1n) is 15.3. The average Bonchev–Trinajstić information content (AvgIpc) is 2.95. The minimum Gasteiger partial charge on any atom is -0.481 e. The molecule has 0 aromatic rings. The summed E-state index contributed by atoms with van der Waals surface area (Å²) in [6, 6.07) is -2.70. The SMILES string of the molecule is O=CNCC(=O)NC(CNC(=O)CCC(NC(=O)CCCCCCCCCCCCCCCCC(=O)O)C(=O)O)C(=O)O. The third-order valence-electron chi connectivity index (χ3n) is 6.82. The quantitative estimate of drug-likeness (QED) is 0.0479. The molecule has 0 aliphatic carbocycles. The number of carboxylic acid groups (broad SMARTS) is 3. The van der Waals surface area contributed by atoms with Gasteiger partial charge in [-0.2, -0.15) is 0 Å². The van der Waals surface area contributed by atoms with Gasteiger partial charge in [-0.05, 0) is 19.3 Å². The summed E-state index contributed by atoms with van der Waals surface area (Å²) in [4.78, 5) is 79.3. The molecule has 0 bridgehead atoms. The third kappa shape index (κ3) is 24.6. The Morgan fingerprint density at radius 3 is 1.42 bits per heavy atom. The summed E-state index contributed by atoms with van der Waals surface area (Å²) in [6.45, 7) is -0.867. The minimum atomic E-state index is -1.44. The van der Waals surface area contributed by atoms with E-state index in [1.165, 1.54) is 32.1 Å².